The van der Waals surface area contributed by atoms with Crippen LogP contribution in [0.1, 0.15) is 315 Å². The van der Waals surface area contributed by atoms with E-state index in [-0.39, 0.29) is 0 Å². The van der Waals surface area contributed by atoms with Crippen molar-refractivity contribution in [3.63, 3.8) is 0 Å². The molecule has 0 bridgehead atoms. The van der Waals surface area contributed by atoms with Crippen LogP contribution in [-0.2, 0) is 0 Å². The molecule has 0 nitrogen and oxygen atoms in total. The summed E-state index contributed by atoms with van der Waals surface area (Å²) in [7, 11) is -7.09. The maximum atomic E-state index is 2.76. The van der Waals surface area contributed by atoms with E-state index in [2.05, 4.69) is 275 Å². The number of hydrogen-bond acceptors (Lipinski definition) is 0. The average Bonchev–Trinajstić information content (AvgIpc) is 3.68. The topological polar surface area (TPSA) is 0 Å². The number of rotatable bonds is 18. The predicted octanol–water partition coefficient (Wildman–Crippen LogP) is 19.4. The molecule has 0 saturated carbocycles. The highest BCUT2D eigenvalue weighted by molar-refractivity contribution is 7.65. The van der Waals surface area contributed by atoms with Gasteiger partial charge in [0.2, 0.25) is 0 Å². The molecule has 7 rings (SSSR count). The quantitative estimate of drug-likeness (QED) is 0.0753. The fourth-order valence-electron chi connectivity index (χ4n) is 13.1. The summed E-state index contributed by atoms with van der Waals surface area (Å²) in [5.41, 5.74) is 21.7. The molecule has 0 N–H and O–H groups in total. The molecular weight excluding hydrogens is 973 g/mol. The van der Waals surface area contributed by atoms with Gasteiger partial charge in [-0.1, -0.05) is 275 Å². The molecule has 0 spiro atoms. The molecule has 0 radical (unpaired) electrons. The van der Waals surface area contributed by atoms with Crippen LogP contribution in [-0.4, -0.2) is 22.9 Å². The minimum absolute atomic E-state index is 0.308. The van der Waals surface area contributed by atoms with Crippen molar-refractivity contribution in [2.24, 2.45) is 0 Å². The van der Waals surface area contributed by atoms with Gasteiger partial charge in [0.15, 0.2) is 7.59 Å². The molecular formula is C74H102Si3. The van der Waals surface area contributed by atoms with E-state index in [1.165, 1.54) is 33.4 Å². The smallest absolute Gasteiger partial charge is 0.0622 e. The van der Waals surface area contributed by atoms with Crippen molar-refractivity contribution in [2.75, 3.05) is 0 Å². The highest BCUT2D eigenvalue weighted by Crippen LogP contribution is 2.47. The van der Waals surface area contributed by atoms with Gasteiger partial charge >= 0.3 is 0 Å². The summed E-state index contributed by atoms with van der Waals surface area (Å²) >= 11 is 0. The van der Waals surface area contributed by atoms with Crippen molar-refractivity contribution in [1.29, 1.82) is 0 Å². The Morgan fingerprint density at radius 1 is 0.273 bits per heavy atom. The zero-order valence-corrected chi connectivity index (χ0v) is 55.8. The minimum atomic E-state index is -3.48. The van der Waals surface area contributed by atoms with Gasteiger partial charge in [0.1, 0.15) is 0 Å². The summed E-state index contributed by atoms with van der Waals surface area (Å²) in [4.78, 5) is 0. The van der Waals surface area contributed by atoms with Gasteiger partial charge in [-0.2, -0.15) is 0 Å². The van der Waals surface area contributed by atoms with E-state index < -0.39 is 22.9 Å². The summed E-state index contributed by atoms with van der Waals surface area (Å²) < 4.78 is 0. The van der Waals surface area contributed by atoms with Crippen LogP contribution in [0.2, 0.25) is 0 Å². The molecule has 0 unspecified atom stereocenters. The molecule has 6 aromatic carbocycles. The first-order chi connectivity index (χ1) is 36.2. The Hall–Kier alpha value is -4.29. The maximum Gasteiger partial charge on any atom is 0.159 e. The predicted molar refractivity (Wildman–Crippen MR) is 350 cm³/mol. The second-order valence-corrected chi connectivity index (χ2v) is 41.4. The Bertz CT molecular complexity index is 2930. The molecule has 1 aliphatic rings. The van der Waals surface area contributed by atoms with Crippen LogP contribution < -0.4 is 20.7 Å². The van der Waals surface area contributed by atoms with Crippen molar-refractivity contribution in [2.45, 2.75) is 237 Å². The molecule has 0 aliphatic carbocycles. The fourth-order valence-corrected chi connectivity index (χ4v) is 47.4. The summed E-state index contributed by atoms with van der Waals surface area (Å²) in [5.74, 6) is 4.25. The van der Waals surface area contributed by atoms with E-state index in [4.69, 9.17) is 0 Å². The van der Waals surface area contributed by atoms with Gasteiger partial charge in [-0.3, -0.25) is 0 Å². The molecule has 0 aromatic heterocycles. The summed E-state index contributed by atoms with van der Waals surface area (Å²) in [5, 5.41) is 10.5. The van der Waals surface area contributed by atoms with Crippen LogP contribution in [0.5, 0.6) is 0 Å². The number of benzene rings is 6. The monoisotopic (exact) mass is 1070 g/mol. The molecule has 1 aliphatic heterocycles. The van der Waals surface area contributed by atoms with Gasteiger partial charge in [-0.25, -0.2) is 0 Å². The first-order valence-corrected chi connectivity index (χ1v) is 37.5. The van der Waals surface area contributed by atoms with E-state index in [0.29, 0.717) is 71.0 Å². The van der Waals surface area contributed by atoms with Gasteiger partial charge in [0.05, 0.1) is 7.89 Å². The van der Waals surface area contributed by atoms with Crippen molar-refractivity contribution in [1.82, 2.24) is 0 Å². The first-order valence-electron chi connectivity index (χ1n) is 30.5. The van der Waals surface area contributed by atoms with Crippen molar-refractivity contribution in [3.05, 3.63) is 187 Å². The lowest BCUT2D eigenvalue weighted by Gasteiger charge is -2.45. The van der Waals surface area contributed by atoms with Crippen molar-refractivity contribution in [3.8, 4) is 0 Å². The standard InChI is InChI=1S/C74H102Si3/c1-43(2)57-35-61(47(9)10)70(62(36-57)48(11)12)75-69(55-31-27-25-28-32-55)72(56-33-29-26-30-34-56)77(73-65(51(17)18)39-59(45(5)6)40-66(73)52(19)20,74-67(53(21)22)41-60(46(7)8)42-68(74)54(23)24)76(75)71-63(49(13)14)37-58(44(3)4)38-64(71)50(15)16/h25-54H,1-24H3. The zero-order valence-electron chi connectivity index (χ0n) is 52.8. The van der Waals surface area contributed by atoms with Crippen LogP contribution in [0.15, 0.2) is 109 Å². The van der Waals surface area contributed by atoms with Crippen LogP contribution in [0.4, 0.5) is 0 Å². The lowest BCUT2D eigenvalue weighted by molar-refractivity contribution is 0.809. The lowest BCUT2D eigenvalue weighted by atomic mass is 9.89. The van der Waals surface area contributed by atoms with E-state index in [0.717, 1.165) is 0 Å². The van der Waals surface area contributed by atoms with E-state index >= 15 is 0 Å². The normalized spacial score (nSPS) is 14.3. The third-order valence-electron chi connectivity index (χ3n) is 17.4. The van der Waals surface area contributed by atoms with Crippen LogP contribution in [0.25, 0.3) is 10.4 Å². The number of hydrogen-bond donors (Lipinski definition) is 0. The van der Waals surface area contributed by atoms with Crippen LogP contribution >= 0.6 is 0 Å². The molecule has 0 saturated heterocycles. The van der Waals surface area contributed by atoms with Gasteiger partial charge in [-0.05, 0) is 180 Å². The van der Waals surface area contributed by atoms with Crippen LogP contribution in [0, 0.1) is 0 Å². The van der Waals surface area contributed by atoms with E-state index in [9.17, 15) is 0 Å². The van der Waals surface area contributed by atoms with Crippen molar-refractivity contribution < 1.29 is 0 Å². The molecule has 0 atom stereocenters. The van der Waals surface area contributed by atoms with Gasteiger partial charge in [0.25, 0.3) is 0 Å². The first kappa shape index (κ1) is 60.4. The molecule has 1 heterocycles. The Balaban J connectivity index is 2.15. The SMILES string of the molecule is CC(C)c1cc(C(C)C)c([Si]2=[Si](c3c(C(C)C)cc(C(C)C)cc3C(C)C)[Si](c3c(C(C)C)cc(C(C)C)cc3C(C)C)(c3c(C(C)C)cc(C(C)C)cc3C(C)C)C(c3ccccc3)=C2c2ccccc2)c(C(C)C)c1. The average molecular weight is 1080 g/mol. The minimum Gasteiger partial charge on any atom is -0.0622 e. The van der Waals surface area contributed by atoms with Crippen LogP contribution in [0.3, 0.4) is 0 Å². The second-order valence-electron chi connectivity index (χ2n) is 27.1. The molecule has 6 aromatic rings. The fraction of sp³-hybridized carbons (Fsp3) is 0.486. The molecule has 77 heavy (non-hydrogen) atoms. The Morgan fingerprint density at radius 2 is 0.519 bits per heavy atom. The zero-order chi connectivity index (χ0) is 56.9. The Morgan fingerprint density at radius 3 is 0.779 bits per heavy atom. The molecule has 410 valence electrons. The highest BCUT2D eigenvalue weighted by Gasteiger charge is 2.59. The van der Waals surface area contributed by atoms with Gasteiger partial charge < -0.3 is 0 Å². The highest BCUT2D eigenvalue weighted by atomic mass is 29.4. The van der Waals surface area contributed by atoms with Crippen molar-refractivity contribution >= 4 is 54.0 Å². The summed E-state index contributed by atoms with van der Waals surface area (Å²) in [6.45, 7) is 60.2. The Labute approximate surface area is 475 Å². The van der Waals surface area contributed by atoms with E-state index in [1.807, 2.05) is 0 Å². The van der Waals surface area contributed by atoms with Gasteiger partial charge in [0, 0.05) is 7.41 Å². The maximum absolute atomic E-state index is 3.48. The second kappa shape index (κ2) is 24.2. The van der Waals surface area contributed by atoms with E-state index in [1.54, 1.807) is 75.6 Å². The largest absolute Gasteiger partial charge is 0.159 e. The molecule has 3 heteroatoms. The lowest BCUT2D eigenvalue weighted by Crippen LogP contribution is -2.74. The third-order valence-corrected chi connectivity index (χ3v) is 40.7. The Kier molecular flexibility index (Phi) is 19.0. The summed E-state index contributed by atoms with van der Waals surface area (Å²) in [6.07, 6.45) is 0. The summed E-state index contributed by atoms with van der Waals surface area (Å²) in [6, 6.07) is 46.3. The third kappa shape index (κ3) is 11.3. The molecule has 0 amide bonds. The van der Waals surface area contributed by atoms with Gasteiger partial charge in [-0.15, -0.1) is 0 Å². The molecule has 0 fully saturated rings.